The molecule has 4 N–H and O–H groups in total. The van der Waals surface area contributed by atoms with Crippen molar-refractivity contribution in [2.75, 3.05) is 26.0 Å². The summed E-state index contributed by atoms with van der Waals surface area (Å²) in [5.74, 6) is 0.415. The molecule has 0 radical (unpaired) electrons. The van der Waals surface area contributed by atoms with Gasteiger partial charge in [0.1, 0.15) is 5.75 Å². The Hall–Kier alpha value is -2.08. The number of nitrogens with one attached hydrogen (secondary N) is 2. The molecule has 1 aromatic rings. The van der Waals surface area contributed by atoms with Crippen molar-refractivity contribution in [3.63, 3.8) is 0 Å². The van der Waals surface area contributed by atoms with Gasteiger partial charge in [-0.3, -0.25) is 9.59 Å². The summed E-state index contributed by atoms with van der Waals surface area (Å²) >= 11 is 0. The first-order valence-corrected chi connectivity index (χ1v) is 6.05. The Bertz CT molecular complexity index is 449. The zero-order chi connectivity index (χ0) is 14.3. The normalized spacial score (nSPS) is 11.5. The van der Waals surface area contributed by atoms with Crippen molar-refractivity contribution >= 4 is 17.5 Å². The van der Waals surface area contributed by atoms with E-state index in [9.17, 15) is 9.59 Å². The highest BCUT2D eigenvalue weighted by atomic mass is 16.5. The van der Waals surface area contributed by atoms with E-state index in [1.807, 2.05) is 0 Å². The van der Waals surface area contributed by atoms with Crippen LogP contribution in [-0.2, 0) is 9.59 Å². The minimum absolute atomic E-state index is 0.110. The molecule has 0 unspecified atom stereocenters. The van der Waals surface area contributed by atoms with Gasteiger partial charge in [-0.2, -0.15) is 0 Å². The average molecular weight is 266 g/mol. The lowest BCUT2D eigenvalue weighted by molar-refractivity contribution is -0.662. The van der Waals surface area contributed by atoms with Crippen LogP contribution in [0.2, 0.25) is 0 Å². The van der Waals surface area contributed by atoms with Crippen molar-refractivity contribution in [3.05, 3.63) is 24.3 Å². The fourth-order valence-corrected chi connectivity index (χ4v) is 1.45. The quantitative estimate of drug-likeness (QED) is 0.638. The first-order valence-electron chi connectivity index (χ1n) is 6.05. The Labute approximate surface area is 112 Å². The number of likely N-dealkylation sites (N-methyl/N-ethyl adjacent to an activating group) is 1. The molecule has 0 heterocycles. The number of carbonyl (C=O) groups excluding carboxylic acids is 2. The van der Waals surface area contributed by atoms with Crippen molar-refractivity contribution in [1.82, 2.24) is 5.32 Å². The van der Waals surface area contributed by atoms with Crippen molar-refractivity contribution in [1.29, 1.82) is 0 Å². The molecule has 1 aromatic carbocycles. The van der Waals surface area contributed by atoms with E-state index in [1.54, 1.807) is 50.7 Å². The molecule has 6 heteroatoms. The van der Waals surface area contributed by atoms with Gasteiger partial charge in [0.25, 0.3) is 11.8 Å². The maximum atomic E-state index is 11.9. The number of quaternary nitrogens is 1. The number of nitrogens with two attached hydrogens (primary N) is 1. The summed E-state index contributed by atoms with van der Waals surface area (Å²) in [7, 11) is 3.14. The minimum Gasteiger partial charge on any atom is -0.497 e. The summed E-state index contributed by atoms with van der Waals surface area (Å²) < 4.78 is 5.08. The van der Waals surface area contributed by atoms with Crippen molar-refractivity contribution in [2.45, 2.75) is 13.0 Å². The second-order valence-corrected chi connectivity index (χ2v) is 4.12. The van der Waals surface area contributed by atoms with Crippen LogP contribution in [0.4, 0.5) is 5.69 Å². The molecule has 0 aliphatic rings. The third kappa shape index (κ3) is 4.97. The Balaban J connectivity index is 2.51. The molecule has 2 amide bonds. The predicted octanol–water partition coefficient (Wildman–Crippen LogP) is -0.668. The average Bonchev–Trinajstić information content (AvgIpc) is 2.44. The van der Waals surface area contributed by atoms with E-state index < -0.39 is 0 Å². The standard InChI is InChI=1S/C13H19N3O3/c1-9(15-8-12(17)14-2)13(18)16-10-5-4-6-11(7-10)19-3/h4-7,9,15H,8H2,1-3H3,(H,14,17)(H,16,18)/p+1/t9-/m1/s1. The summed E-state index contributed by atoms with van der Waals surface area (Å²) in [4.78, 5) is 23.0. The third-order valence-corrected chi connectivity index (χ3v) is 2.69. The highest BCUT2D eigenvalue weighted by Crippen LogP contribution is 2.16. The monoisotopic (exact) mass is 266 g/mol. The van der Waals surface area contributed by atoms with E-state index in [2.05, 4.69) is 10.6 Å². The smallest absolute Gasteiger partial charge is 0.282 e. The number of benzene rings is 1. The Morgan fingerprint density at radius 2 is 2.16 bits per heavy atom. The van der Waals surface area contributed by atoms with E-state index in [0.29, 0.717) is 11.4 Å². The van der Waals surface area contributed by atoms with Crippen LogP contribution in [0.5, 0.6) is 5.75 Å². The zero-order valence-electron chi connectivity index (χ0n) is 11.4. The van der Waals surface area contributed by atoms with Gasteiger partial charge in [0.15, 0.2) is 12.6 Å². The molecule has 0 aromatic heterocycles. The summed E-state index contributed by atoms with van der Waals surface area (Å²) in [5, 5.41) is 6.96. The Morgan fingerprint density at radius 3 is 2.79 bits per heavy atom. The Morgan fingerprint density at radius 1 is 1.42 bits per heavy atom. The van der Waals surface area contributed by atoms with Crippen LogP contribution in [0.25, 0.3) is 0 Å². The number of methoxy groups -OCH3 is 1. The van der Waals surface area contributed by atoms with Gasteiger partial charge in [-0.1, -0.05) is 6.07 Å². The molecule has 1 rings (SSSR count). The number of hydrogen-bond acceptors (Lipinski definition) is 3. The molecule has 0 aliphatic heterocycles. The van der Waals surface area contributed by atoms with Gasteiger partial charge in [0, 0.05) is 18.8 Å². The maximum Gasteiger partial charge on any atom is 0.282 e. The highest BCUT2D eigenvalue weighted by Gasteiger charge is 2.17. The van der Waals surface area contributed by atoms with Crippen molar-refractivity contribution in [2.24, 2.45) is 0 Å². The lowest BCUT2D eigenvalue weighted by atomic mass is 10.2. The van der Waals surface area contributed by atoms with Crippen LogP contribution < -0.4 is 20.7 Å². The molecule has 0 aliphatic carbocycles. The van der Waals surface area contributed by atoms with Crippen LogP contribution in [-0.4, -0.2) is 38.6 Å². The first-order chi connectivity index (χ1) is 9.06. The third-order valence-electron chi connectivity index (χ3n) is 2.69. The predicted molar refractivity (Wildman–Crippen MR) is 71.9 cm³/mol. The molecule has 1 atom stereocenters. The van der Waals surface area contributed by atoms with Crippen molar-refractivity contribution in [3.8, 4) is 5.75 Å². The van der Waals surface area contributed by atoms with Gasteiger partial charge < -0.3 is 20.7 Å². The molecular weight excluding hydrogens is 246 g/mol. The number of anilines is 1. The molecule has 104 valence electrons. The number of carbonyl (C=O) groups is 2. The molecule has 0 spiro atoms. The fraction of sp³-hybridized carbons (Fsp3) is 0.385. The van der Waals surface area contributed by atoms with Gasteiger partial charge >= 0.3 is 0 Å². The van der Waals surface area contributed by atoms with E-state index in [0.717, 1.165) is 0 Å². The number of ether oxygens (including phenoxy) is 1. The zero-order valence-corrected chi connectivity index (χ0v) is 11.4. The minimum atomic E-state index is -0.344. The number of hydrogen-bond donors (Lipinski definition) is 3. The molecule has 0 bridgehead atoms. The summed E-state index contributed by atoms with van der Waals surface area (Å²) in [6, 6.07) is 6.78. The Kier molecular flexibility index (Phi) is 5.81. The maximum absolute atomic E-state index is 11.9. The number of rotatable bonds is 6. The van der Waals surface area contributed by atoms with E-state index in [4.69, 9.17) is 4.74 Å². The lowest BCUT2D eigenvalue weighted by Gasteiger charge is -2.11. The van der Waals surface area contributed by atoms with E-state index >= 15 is 0 Å². The van der Waals surface area contributed by atoms with Gasteiger partial charge in [-0.15, -0.1) is 0 Å². The molecular formula is C13H20N3O3+. The second kappa shape index (κ2) is 7.38. The first kappa shape index (κ1) is 15.0. The molecule has 0 saturated carbocycles. The van der Waals surface area contributed by atoms with Gasteiger partial charge in [-0.25, -0.2) is 0 Å². The largest absolute Gasteiger partial charge is 0.497 e. The lowest BCUT2D eigenvalue weighted by Crippen LogP contribution is -2.93. The summed E-state index contributed by atoms with van der Waals surface area (Å²) in [6.07, 6.45) is 0. The van der Waals surface area contributed by atoms with Crippen molar-refractivity contribution < 1.29 is 19.6 Å². The highest BCUT2D eigenvalue weighted by molar-refractivity contribution is 5.93. The van der Waals surface area contributed by atoms with Crippen LogP contribution in [0.3, 0.4) is 0 Å². The second-order valence-electron chi connectivity index (χ2n) is 4.12. The summed E-state index contributed by atoms with van der Waals surface area (Å²) in [5.41, 5.74) is 0.671. The van der Waals surface area contributed by atoms with Crippen LogP contribution in [0.1, 0.15) is 6.92 Å². The molecule has 19 heavy (non-hydrogen) atoms. The molecule has 0 saturated heterocycles. The van der Waals surface area contributed by atoms with E-state index in [-0.39, 0.29) is 24.4 Å². The summed E-state index contributed by atoms with van der Waals surface area (Å²) in [6.45, 7) is 1.97. The topological polar surface area (TPSA) is 84.0 Å². The SMILES string of the molecule is CNC(=O)C[NH2+][C@H](C)C(=O)Nc1cccc(OC)c1. The molecule has 6 nitrogen and oxygen atoms in total. The van der Waals surface area contributed by atoms with Crippen LogP contribution >= 0.6 is 0 Å². The van der Waals surface area contributed by atoms with Gasteiger partial charge in [0.2, 0.25) is 0 Å². The number of amides is 2. The molecule has 0 fully saturated rings. The van der Waals surface area contributed by atoms with Gasteiger partial charge in [-0.05, 0) is 19.1 Å². The van der Waals surface area contributed by atoms with Crippen LogP contribution in [0, 0.1) is 0 Å². The van der Waals surface area contributed by atoms with E-state index in [1.165, 1.54) is 0 Å². The fourth-order valence-electron chi connectivity index (χ4n) is 1.45. The van der Waals surface area contributed by atoms with Gasteiger partial charge in [0.05, 0.1) is 7.11 Å². The van der Waals surface area contributed by atoms with Crippen LogP contribution in [0.15, 0.2) is 24.3 Å².